The van der Waals surface area contributed by atoms with Gasteiger partial charge in [0.25, 0.3) is 0 Å². The van der Waals surface area contributed by atoms with Crippen molar-refractivity contribution in [2.24, 2.45) is 0 Å². The first-order valence-corrected chi connectivity index (χ1v) is 5.78. The Morgan fingerprint density at radius 1 is 1.50 bits per heavy atom. The Balaban J connectivity index is 1.93. The second kappa shape index (κ2) is 3.99. The summed E-state index contributed by atoms with van der Waals surface area (Å²) in [6.07, 6.45) is 5.91. The molecule has 0 amide bonds. The number of hydrogen-bond donors (Lipinski definition) is 1. The first-order chi connectivity index (χ1) is 7.83. The van der Waals surface area contributed by atoms with Gasteiger partial charge < -0.3 is 5.32 Å². The minimum atomic E-state index is 0.272. The van der Waals surface area contributed by atoms with Crippen LogP contribution in [0, 0.1) is 0 Å². The van der Waals surface area contributed by atoms with Crippen LogP contribution in [0.15, 0.2) is 12.4 Å². The van der Waals surface area contributed by atoms with E-state index in [0.29, 0.717) is 6.04 Å². The lowest BCUT2D eigenvalue weighted by Crippen LogP contribution is -2.27. The molecule has 3 heterocycles. The highest BCUT2D eigenvalue weighted by Gasteiger charge is 2.16. The Morgan fingerprint density at radius 3 is 3.25 bits per heavy atom. The minimum absolute atomic E-state index is 0.272. The highest BCUT2D eigenvalue weighted by Crippen LogP contribution is 2.14. The van der Waals surface area contributed by atoms with E-state index in [9.17, 15) is 0 Å². The van der Waals surface area contributed by atoms with E-state index < -0.39 is 0 Å². The predicted molar refractivity (Wildman–Crippen MR) is 61.4 cm³/mol. The van der Waals surface area contributed by atoms with E-state index in [-0.39, 0.29) is 5.28 Å². The van der Waals surface area contributed by atoms with Crippen molar-refractivity contribution in [3.63, 3.8) is 0 Å². The van der Waals surface area contributed by atoms with Crippen LogP contribution >= 0.6 is 11.6 Å². The third-order valence-electron chi connectivity index (χ3n) is 2.90. The molecule has 1 atom stereocenters. The molecule has 1 N–H and O–H groups in total. The predicted octanol–water partition coefficient (Wildman–Crippen LogP) is 1.23. The fourth-order valence-electron chi connectivity index (χ4n) is 2.10. The van der Waals surface area contributed by atoms with Crippen LogP contribution < -0.4 is 5.32 Å². The van der Waals surface area contributed by atoms with Gasteiger partial charge in [0.2, 0.25) is 5.28 Å². The molecule has 1 fully saturated rings. The van der Waals surface area contributed by atoms with Gasteiger partial charge in [0.15, 0.2) is 5.65 Å². The van der Waals surface area contributed by atoms with E-state index in [2.05, 4.69) is 20.4 Å². The number of nitrogens with one attached hydrogen (secondary N) is 1. The largest absolute Gasteiger partial charge is 0.312 e. The lowest BCUT2D eigenvalue weighted by atomic mass is 10.2. The van der Waals surface area contributed by atoms with Crippen LogP contribution in [0.4, 0.5) is 0 Å². The first-order valence-electron chi connectivity index (χ1n) is 5.40. The van der Waals surface area contributed by atoms with Crippen LogP contribution in [0.1, 0.15) is 12.8 Å². The highest BCUT2D eigenvalue weighted by atomic mass is 35.5. The number of aromatic nitrogens is 4. The van der Waals surface area contributed by atoms with Gasteiger partial charge >= 0.3 is 0 Å². The zero-order valence-electron chi connectivity index (χ0n) is 8.73. The summed E-state index contributed by atoms with van der Waals surface area (Å²) in [6.45, 7) is 1.94. The molecule has 1 aliphatic heterocycles. The van der Waals surface area contributed by atoms with Gasteiger partial charge in [-0.15, -0.1) is 0 Å². The molecule has 1 saturated heterocycles. The van der Waals surface area contributed by atoms with Gasteiger partial charge in [0.1, 0.15) is 0 Å². The smallest absolute Gasteiger partial charge is 0.224 e. The van der Waals surface area contributed by atoms with Crippen molar-refractivity contribution in [3.05, 3.63) is 17.7 Å². The summed E-state index contributed by atoms with van der Waals surface area (Å²) in [7, 11) is 0. The summed E-state index contributed by atoms with van der Waals surface area (Å²) in [6, 6.07) is 0.497. The summed E-state index contributed by atoms with van der Waals surface area (Å²) in [4.78, 5) is 8.14. The molecule has 0 aromatic carbocycles. The SMILES string of the molecule is Clc1ncc2cnn(CC3CCCN3)c2n1. The molecular weight excluding hydrogens is 226 g/mol. The van der Waals surface area contributed by atoms with E-state index >= 15 is 0 Å². The molecule has 84 valence electrons. The average Bonchev–Trinajstić information content (AvgIpc) is 2.90. The maximum atomic E-state index is 5.79. The van der Waals surface area contributed by atoms with Crippen LogP contribution in [0.5, 0.6) is 0 Å². The van der Waals surface area contributed by atoms with Crippen molar-refractivity contribution in [1.29, 1.82) is 0 Å². The molecule has 0 spiro atoms. The molecule has 5 nitrogen and oxygen atoms in total. The van der Waals surface area contributed by atoms with E-state index in [4.69, 9.17) is 11.6 Å². The average molecular weight is 238 g/mol. The van der Waals surface area contributed by atoms with Crippen molar-refractivity contribution in [2.75, 3.05) is 6.54 Å². The third-order valence-corrected chi connectivity index (χ3v) is 3.09. The van der Waals surface area contributed by atoms with Crippen LogP contribution in [0.25, 0.3) is 11.0 Å². The summed E-state index contributed by atoms with van der Waals surface area (Å²) in [5.41, 5.74) is 0.814. The molecule has 2 aromatic heterocycles. The van der Waals surface area contributed by atoms with E-state index in [1.165, 1.54) is 12.8 Å². The quantitative estimate of drug-likeness (QED) is 0.799. The lowest BCUT2D eigenvalue weighted by Gasteiger charge is -2.10. The van der Waals surface area contributed by atoms with E-state index in [1.54, 1.807) is 12.4 Å². The molecule has 2 aromatic rings. The van der Waals surface area contributed by atoms with E-state index in [1.807, 2.05) is 4.68 Å². The van der Waals surface area contributed by atoms with Gasteiger partial charge in [0.05, 0.1) is 18.1 Å². The highest BCUT2D eigenvalue weighted by molar-refractivity contribution is 6.28. The summed E-state index contributed by atoms with van der Waals surface area (Å²) in [5, 5.41) is 8.96. The maximum absolute atomic E-state index is 5.79. The van der Waals surface area contributed by atoms with Gasteiger partial charge in [-0.25, -0.2) is 9.67 Å². The Morgan fingerprint density at radius 2 is 2.44 bits per heavy atom. The van der Waals surface area contributed by atoms with Crippen molar-refractivity contribution in [2.45, 2.75) is 25.4 Å². The second-order valence-corrected chi connectivity index (χ2v) is 4.38. The number of nitrogens with zero attached hydrogens (tertiary/aromatic N) is 4. The normalized spacial score (nSPS) is 20.7. The summed E-state index contributed by atoms with van der Waals surface area (Å²) < 4.78 is 1.89. The van der Waals surface area contributed by atoms with Gasteiger partial charge in [0, 0.05) is 12.2 Å². The monoisotopic (exact) mass is 237 g/mol. The number of halogens is 1. The summed E-state index contributed by atoms with van der Waals surface area (Å²) in [5.74, 6) is 0. The topological polar surface area (TPSA) is 55.6 Å². The summed E-state index contributed by atoms with van der Waals surface area (Å²) >= 11 is 5.79. The number of rotatable bonds is 2. The van der Waals surface area contributed by atoms with Gasteiger partial charge in [-0.1, -0.05) is 0 Å². The molecule has 1 aliphatic rings. The van der Waals surface area contributed by atoms with Crippen molar-refractivity contribution in [1.82, 2.24) is 25.1 Å². The van der Waals surface area contributed by atoms with Crippen molar-refractivity contribution < 1.29 is 0 Å². The van der Waals surface area contributed by atoms with E-state index in [0.717, 1.165) is 24.1 Å². The molecule has 1 unspecified atom stereocenters. The Hall–Kier alpha value is -1.20. The molecule has 16 heavy (non-hydrogen) atoms. The number of fused-ring (bicyclic) bond motifs is 1. The minimum Gasteiger partial charge on any atom is -0.312 e. The van der Waals surface area contributed by atoms with Gasteiger partial charge in [-0.3, -0.25) is 0 Å². The maximum Gasteiger partial charge on any atom is 0.224 e. The van der Waals surface area contributed by atoms with Crippen LogP contribution in [0.2, 0.25) is 5.28 Å². The Kier molecular flexibility index (Phi) is 2.49. The van der Waals surface area contributed by atoms with Crippen LogP contribution in [-0.4, -0.2) is 32.3 Å². The molecule has 0 radical (unpaired) electrons. The number of hydrogen-bond acceptors (Lipinski definition) is 4. The van der Waals surface area contributed by atoms with Crippen molar-refractivity contribution >= 4 is 22.6 Å². The molecule has 6 heteroatoms. The zero-order chi connectivity index (χ0) is 11.0. The van der Waals surface area contributed by atoms with Crippen LogP contribution in [0.3, 0.4) is 0 Å². The lowest BCUT2D eigenvalue weighted by molar-refractivity contribution is 0.484. The Bertz CT molecular complexity index is 503. The Labute approximate surface area is 97.8 Å². The zero-order valence-corrected chi connectivity index (χ0v) is 9.48. The standard InChI is InChI=1S/C10H12ClN5/c11-10-13-4-7-5-14-16(9(7)15-10)6-8-2-1-3-12-8/h4-5,8,12H,1-3,6H2. The molecular formula is C10H12ClN5. The van der Waals surface area contributed by atoms with Gasteiger partial charge in [-0.05, 0) is 31.0 Å². The molecule has 3 rings (SSSR count). The molecule has 0 saturated carbocycles. The third kappa shape index (κ3) is 1.76. The fraction of sp³-hybridized carbons (Fsp3) is 0.500. The molecule has 0 aliphatic carbocycles. The van der Waals surface area contributed by atoms with Gasteiger partial charge in [-0.2, -0.15) is 10.1 Å². The first kappa shape index (κ1) is 9.99. The second-order valence-electron chi connectivity index (χ2n) is 4.04. The van der Waals surface area contributed by atoms with Crippen LogP contribution in [-0.2, 0) is 6.54 Å². The molecule has 0 bridgehead atoms. The van der Waals surface area contributed by atoms with Crippen molar-refractivity contribution in [3.8, 4) is 0 Å². The fourth-order valence-corrected chi connectivity index (χ4v) is 2.23.